The third kappa shape index (κ3) is 5.30. The highest BCUT2D eigenvalue weighted by Gasteiger charge is 2.23. The molecule has 2 aliphatic rings. The van der Waals surface area contributed by atoms with Gasteiger partial charge in [-0.15, -0.1) is 5.10 Å². The fourth-order valence-electron chi connectivity index (χ4n) is 4.74. The van der Waals surface area contributed by atoms with Crippen molar-refractivity contribution >= 4 is 22.9 Å². The lowest BCUT2D eigenvalue weighted by Gasteiger charge is -2.31. The predicted molar refractivity (Wildman–Crippen MR) is 130 cm³/mol. The van der Waals surface area contributed by atoms with Crippen LogP contribution >= 0.6 is 0 Å². The van der Waals surface area contributed by atoms with Crippen molar-refractivity contribution in [2.45, 2.75) is 44.7 Å². The number of pyridine rings is 1. The summed E-state index contributed by atoms with van der Waals surface area (Å²) in [5.74, 6) is 0.555. The van der Waals surface area contributed by atoms with Crippen molar-refractivity contribution in [1.29, 1.82) is 0 Å². The highest BCUT2D eigenvalue weighted by atomic mass is 19.3. The van der Waals surface area contributed by atoms with Gasteiger partial charge in [-0.1, -0.05) is 0 Å². The highest BCUT2D eigenvalue weighted by molar-refractivity contribution is 5.92. The van der Waals surface area contributed by atoms with E-state index in [1.165, 1.54) is 0 Å². The molecule has 0 amide bonds. The van der Waals surface area contributed by atoms with Crippen LogP contribution in [0.25, 0.3) is 16.8 Å². The number of aromatic nitrogens is 4. The van der Waals surface area contributed by atoms with Crippen LogP contribution in [0, 0.1) is 0 Å². The maximum absolute atomic E-state index is 12.7. The molecule has 8 nitrogen and oxygen atoms in total. The van der Waals surface area contributed by atoms with Gasteiger partial charge in [0.15, 0.2) is 0 Å². The Bertz CT molecular complexity index is 1200. The Kier molecular flexibility index (Phi) is 6.96. The van der Waals surface area contributed by atoms with Gasteiger partial charge in [0.05, 0.1) is 41.4 Å². The van der Waals surface area contributed by atoms with Crippen LogP contribution in [0.15, 0.2) is 35.6 Å². The Labute approximate surface area is 201 Å². The minimum Gasteiger partial charge on any atom is -0.350 e. The van der Waals surface area contributed by atoms with Crippen LogP contribution in [0.1, 0.15) is 25.5 Å². The molecule has 2 aliphatic heterocycles. The van der Waals surface area contributed by atoms with Crippen molar-refractivity contribution < 1.29 is 13.2 Å². The highest BCUT2D eigenvalue weighted by Crippen LogP contribution is 2.30. The number of anilines is 1. The normalized spacial score (nSPS) is 19.2. The lowest BCUT2D eigenvalue weighted by atomic mass is 10.0. The molecule has 35 heavy (non-hydrogen) atoms. The zero-order valence-electron chi connectivity index (χ0n) is 19.6. The second-order valence-corrected chi connectivity index (χ2v) is 9.06. The zero-order valence-corrected chi connectivity index (χ0v) is 19.6. The Balaban J connectivity index is 1.31. The first-order chi connectivity index (χ1) is 17.0. The van der Waals surface area contributed by atoms with Crippen molar-refractivity contribution in [3.05, 3.63) is 36.3 Å². The van der Waals surface area contributed by atoms with Crippen molar-refractivity contribution in [3.8, 4) is 11.3 Å². The molecule has 0 aliphatic carbocycles. The molecular weight excluding hydrogens is 457 g/mol. The number of hydrogen-bond donors (Lipinski definition) is 2. The summed E-state index contributed by atoms with van der Waals surface area (Å²) >= 11 is 0. The molecule has 5 rings (SSSR count). The summed E-state index contributed by atoms with van der Waals surface area (Å²) in [6, 6.07) is 5.78. The van der Waals surface area contributed by atoms with Gasteiger partial charge >= 0.3 is 0 Å². The number of nitrogens with zero attached hydrogens (tertiary/aromatic N) is 6. The monoisotopic (exact) mass is 486 g/mol. The second kappa shape index (κ2) is 10.3. The molecule has 2 N–H and O–H groups in total. The molecule has 5 heterocycles. The molecule has 1 fully saturated rings. The average molecular weight is 487 g/mol. The van der Waals surface area contributed by atoms with Crippen LogP contribution in [0.4, 0.5) is 24.8 Å². The van der Waals surface area contributed by atoms with E-state index in [-0.39, 0.29) is 25.3 Å². The molecule has 3 aromatic rings. The molecule has 0 aromatic carbocycles. The van der Waals surface area contributed by atoms with Gasteiger partial charge in [0.1, 0.15) is 6.67 Å². The first kappa shape index (κ1) is 23.7. The molecule has 3 aromatic heterocycles. The van der Waals surface area contributed by atoms with E-state index in [2.05, 4.69) is 30.6 Å². The van der Waals surface area contributed by atoms with Gasteiger partial charge in [0.2, 0.25) is 5.95 Å². The number of alkyl halides is 3. The van der Waals surface area contributed by atoms with E-state index >= 15 is 0 Å². The topological polar surface area (TPSA) is 82.7 Å². The van der Waals surface area contributed by atoms with E-state index in [0.717, 1.165) is 59.8 Å². The van der Waals surface area contributed by atoms with Gasteiger partial charge in [-0.05, 0) is 38.0 Å². The van der Waals surface area contributed by atoms with Crippen LogP contribution in [-0.4, -0.2) is 81.6 Å². The van der Waals surface area contributed by atoms with E-state index in [1.807, 2.05) is 31.3 Å². The number of aliphatic imine (C=N–C) groups is 1. The summed E-state index contributed by atoms with van der Waals surface area (Å²) in [6.45, 7) is 3.39. The van der Waals surface area contributed by atoms with Crippen LogP contribution in [0.3, 0.4) is 0 Å². The summed E-state index contributed by atoms with van der Waals surface area (Å²) in [7, 11) is 0. The van der Waals surface area contributed by atoms with Crippen LogP contribution in [0.5, 0.6) is 0 Å². The molecule has 0 saturated carbocycles. The van der Waals surface area contributed by atoms with Gasteiger partial charge in [-0.2, -0.15) is 0 Å². The lowest BCUT2D eigenvalue weighted by molar-refractivity contribution is 0.144. The summed E-state index contributed by atoms with van der Waals surface area (Å²) in [4.78, 5) is 16.0. The number of nitrogens with one attached hydrogen (secondary N) is 2. The zero-order chi connectivity index (χ0) is 24.4. The Morgan fingerprint density at radius 3 is 2.77 bits per heavy atom. The third-order valence-corrected chi connectivity index (χ3v) is 6.68. The van der Waals surface area contributed by atoms with Crippen LogP contribution in [0.2, 0.25) is 0 Å². The number of rotatable bonds is 8. The van der Waals surface area contributed by atoms with Gasteiger partial charge in [0, 0.05) is 49.6 Å². The number of piperidine rings is 1. The van der Waals surface area contributed by atoms with E-state index in [4.69, 9.17) is 4.98 Å². The maximum atomic E-state index is 12.7. The summed E-state index contributed by atoms with van der Waals surface area (Å²) in [6.07, 6.45) is 3.59. The molecule has 186 valence electrons. The van der Waals surface area contributed by atoms with E-state index in [9.17, 15) is 13.2 Å². The summed E-state index contributed by atoms with van der Waals surface area (Å²) in [5, 5.41) is 10.9. The van der Waals surface area contributed by atoms with E-state index < -0.39 is 6.43 Å². The molecule has 11 heteroatoms. The molecule has 0 spiro atoms. The molecular formula is C24H29F3N8. The smallest absolute Gasteiger partial charge is 0.250 e. The molecule has 1 unspecified atom stereocenters. The van der Waals surface area contributed by atoms with E-state index in [0.29, 0.717) is 18.9 Å². The van der Waals surface area contributed by atoms with Gasteiger partial charge in [0.25, 0.3) is 6.43 Å². The number of hydrogen-bond acceptors (Lipinski definition) is 7. The van der Waals surface area contributed by atoms with Crippen molar-refractivity contribution in [2.75, 3.05) is 38.2 Å². The van der Waals surface area contributed by atoms with Crippen LogP contribution in [-0.2, 0) is 6.42 Å². The fraction of sp³-hybridized carbons (Fsp3) is 0.500. The lowest BCUT2D eigenvalue weighted by Crippen LogP contribution is -2.41. The van der Waals surface area contributed by atoms with Gasteiger partial charge in [-0.25, -0.2) is 22.7 Å². The van der Waals surface area contributed by atoms with Crippen molar-refractivity contribution in [1.82, 2.24) is 29.8 Å². The number of fused-ring (bicyclic) bond motifs is 2. The predicted octanol–water partition coefficient (Wildman–Crippen LogP) is 3.51. The van der Waals surface area contributed by atoms with E-state index in [1.54, 1.807) is 10.7 Å². The standard InChI is InChI=1S/C24H29F3N8/c1-15-20(28-14-23(26)27)12-21-19(30-15)3-2-18(32-21)17-6-10-35-22(17)13-29-24(33-35)31-16-4-8-34(9-5-16)11-7-25/h2-3,6,10,13,16,20,23,28H,4-5,7-9,11-12,14H2,1H3,(H,31,33). The number of halogens is 3. The maximum Gasteiger partial charge on any atom is 0.250 e. The Morgan fingerprint density at radius 1 is 1.17 bits per heavy atom. The van der Waals surface area contributed by atoms with Crippen molar-refractivity contribution in [2.24, 2.45) is 4.99 Å². The first-order valence-electron chi connectivity index (χ1n) is 12.0. The molecule has 0 bridgehead atoms. The first-order valence-corrected chi connectivity index (χ1v) is 12.0. The minimum atomic E-state index is -2.41. The van der Waals surface area contributed by atoms with Crippen molar-refractivity contribution in [3.63, 3.8) is 0 Å². The number of likely N-dealkylation sites (tertiary alicyclic amines) is 1. The molecule has 1 atom stereocenters. The Morgan fingerprint density at radius 2 is 2.00 bits per heavy atom. The molecule has 0 radical (unpaired) electrons. The summed E-state index contributed by atoms with van der Waals surface area (Å²) < 4.78 is 39.7. The SMILES string of the molecule is CC1=Nc2ccc(-c3ccn4nc(NC5CCN(CCF)CC5)ncc34)nc2CC1NCC(F)F. The quantitative estimate of drug-likeness (QED) is 0.507. The molecule has 1 saturated heterocycles. The van der Waals surface area contributed by atoms with Crippen LogP contribution < -0.4 is 10.6 Å². The largest absolute Gasteiger partial charge is 0.350 e. The minimum absolute atomic E-state index is 0.258. The van der Waals surface area contributed by atoms with Gasteiger partial charge < -0.3 is 15.5 Å². The Hall–Kier alpha value is -3.05. The third-order valence-electron chi connectivity index (χ3n) is 6.68. The fourth-order valence-corrected chi connectivity index (χ4v) is 4.74. The average Bonchev–Trinajstić information content (AvgIpc) is 3.27. The summed E-state index contributed by atoms with van der Waals surface area (Å²) in [5.41, 5.74) is 4.80. The van der Waals surface area contributed by atoms with Gasteiger partial charge in [-0.3, -0.25) is 9.98 Å². The second-order valence-electron chi connectivity index (χ2n) is 9.06.